The maximum Gasteiger partial charge on any atom is 0.320 e. The van der Waals surface area contributed by atoms with E-state index in [0.717, 1.165) is 19.4 Å². The lowest BCUT2D eigenvalue weighted by Gasteiger charge is -2.27. The molecule has 0 aliphatic carbocycles. The summed E-state index contributed by atoms with van der Waals surface area (Å²) >= 11 is 0. The lowest BCUT2D eigenvalue weighted by Crippen LogP contribution is -2.42. The molecule has 6 heteroatoms. The number of carboxylic acid groups (broad SMARTS) is 1. The first kappa shape index (κ1) is 18.6. The number of likely N-dealkylation sites (tertiary alicyclic amines) is 1. The number of hydrogen-bond donors (Lipinski definition) is 3. The Morgan fingerprint density at radius 3 is 2.73 bits per heavy atom. The van der Waals surface area contributed by atoms with Gasteiger partial charge < -0.3 is 15.5 Å². The van der Waals surface area contributed by atoms with E-state index in [1.807, 2.05) is 17.9 Å². The number of carbonyl (C=O) groups is 2. The third kappa shape index (κ3) is 5.77. The highest BCUT2D eigenvalue weighted by molar-refractivity contribution is 5.76. The molecule has 0 aromatic rings. The van der Waals surface area contributed by atoms with Gasteiger partial charge in [-0.15, -0.1) is 0 Å². The van der Waals surface area contributed by atoms with E-state index < -0.39 is 18.6 Å². The van der Waals surface area contributed by atoms with Crippen molar-refractivity contribution in [2.24, 2.45) is 11.8 Å². The van der Waals surface area contributed by atoms with E-state index >= 15 is 0 Å². The minimum atomic E-state index is -0.776. The van der Waals surface area contributed by atoms with Gasteiger partial charge in [0.15, 0.2) is 0 Å². The Bertz CT molecular complexity index is 398. The molecule has 3 N–H and O–H groups in total. The molecule has 1 rings (SSSR count). The largest absolute Gasteiger partial charge is 0.480 e. The number of carbonyl (C=O) groups excluding carboxylic acids is 1. The van der Waals surface area contributed by atoms with Crippen molar-refractivity contribution >= 4 is 11.9 Å². The number of aliphatic hydroxyl groups excluding tert-OH is 1. The standard InChI is InChI=1S/C16H28N2O4/c1-3-5-12-7-14(16(21)22)18(9-12)10-13(6-4-2)8-17-15(20)11-19/h3,5,12-14,19H,4,6-11H2,1-2H3,(H,17,20)(H,21,22)/t12-,13?,14-/m1/s1. The van der Waals surface area contributed by atoms with E-state index in [0.29, 0.717) is 19.5 Å². The number of rotatable bonds is 9. The molecule has 1 saturated heterocycles. The van der Waals surface area contributed by atoms with E-state index in [9.17, 15) is 14.7 Å². The summed E-state index contributed by atoms with van der Waals surface area (Å²) in [4.78, 5) is 24.6. The monoisotopic (exact) mass is 312 g/mol. The first-order valence-electron chi connectivity index (χ1n) is 7.99. The molecular formula is C16H28N2O4. The third-order valence-corrected chi connectivity index (χ3v) is 4.11. The van der Waals surface area contributed by atoms with E-state index in [1.165, 1.54) is 0 Å². The number of nitrogens with one attached hydrogen (secondary N) is 1. The average Bonchev–Trinajstić information content (AvgIpc) is 2.88. The first-order chi connectivity index (χ1) is 10.5. The van der Waals surface area contributed by atoms with E-state index in [4.69, 9.17) is 5.11 Å². The quantitative estimate of drug-likeness (QED) is 0.550. The fourth-order valence-electron chi connectivity index (χ4n) is 3.12. The SMILES string of the molecule is CC=C[C@@H]1C[C@H](C(=O)O)N(CC(CCC)CNC(=O)CO)C1. The Balaban J connectivity index is 2.64. The number of hydrogen-bond acceptors (Lipinski definition) is 4. The van der Waals surface area contributed by atoms with Crippen LogP contribution in [0.5, 0.6) is 0 Å². The minimum Gasteiger partial charge on any atom is -0.480 e. The molecule has 1 aliphatic rings. The van der Waals surface area contributed by atoms with Crippen LogP contribution in [0, 0.1) is 11.8 Å². The van der Waals surface area contributed by atoms with Crippen molar-refractivity contribution in [3.8, 4) is 0 Å². The summed E-state index contributed by atoms with van der Waals surface area (Å²) in [6, 6.07) is -0.450. The van der Waals surface area contributed by atoms with Crippen molar-refractivity contribution in [2.45, 2.75) is 39.2 Å². The zero-order valence-corrected chi connectivity index (χ0v) is 13.5. The van der Waals surface area contributed by atoms with Crippen LogP contribution in [-0.4, -0.2) is 59.3 Å². The van der Waals surface area contributed by atoms with Gasteiger partial charge in [-0.25, -0.2) is 0 Å². The molecule has 0 saturated carbocycles. The average molecular weight is 312 g/mol. The third-order valence-electron chi connectivity index (χ3n) is 4.11. The molecule has 1 amide bonds. The normalized spacial score (nSPS) is 23.8. The van der Waals surface area contributed by atoms with Crippen LogP contribution in [0.25, 0.3) is 0 Å². The molecule has 1 heterocycles. The lowest BCUT2D eigenvalue weighted by atomic mass is 10.0. The Labute approximate surface area is 132 Å². The molecule has 6 nitrogen and oxygen atoms in total. The molecule has 0 aromatic heterocycles. The number of aliphatic carboxylic acids is 1. The maximum atomic E-state index is 11.4. The van der Waals surface area contributed by atoms with Crippen LogP contribution in [0.15, 0.2) is 12.2 Å². The van der Waals surface area contributed by atoms with Gasteiger partial charge in [0.25, 0.3) is 0 Å². The van der Waals surface area contributed by atoms with Crippen molar-refractivity contribution in [1.29, 1.82) is 0 Å². The molecule has 0 spiro atoms. The zero-order chi connectivity index (χ0) is 16.5. The second-order valence-corrected chi connectivity index (χ2v) is 5.95. The molecule has 1 fully saturated rings. The van der Waals surface area contributed by atoms with Gasteiger partial charge in [0, 0.05) is 19.6 Å². The van der Waals surface area contributed by atoms with Crippen molar-refractivity contribution < 1.29 is 19.8 Å². The van der Waals surface area contributed by atoms with Crippen molar-refractivity contribution in [3.63, 3.8) is 0 Å². The maximum absolute atomic E-state index is 11.4. The summed E-state index contributed by atoms with van der Waals surface area (Å²) in [5.41, 5.74) is 0. The molecule has 0 aromatic carbocycles. The summed E-state index contributed by atoms with van der Waals surface area (Å²) in [5.74, 6) is -0.683. The summed E-state index contributed by atoms with van der Waals surface area (Å²) in [6.07, 6.45) is 6.57. The molecule has 126 valence electrons. The van der Waals surface area contributed by atoms with Crippen LogP contribution in [0.2, 0.25) is 0 Å². The van der Waals surface area contributed by atoms with Gasteiger partial charge >= 0.3 is 5.97 Å². The smallest absolute Gasteiger partial charge is 0.320 e. The highest BCUT2D eigenvalue weighted by Crippen LogP contribution is 2.26. The minimum absolute atomic E-state index is 0.201. The highest BCUT2D eigenvalue weighted by Gasteiger charge is 2.36. The van der Waals surface area contributed by atoms with Gasteiger partial charge in [-0.3, -0.25) is 14.5 Å². The van der Waals surface area contributed by atoms with Gasteiger partial charge in [0.2, 0.25) is 5.91 Å². The Kier molecular flexibility index (Phi) is 8.12. The summed E-state index contributed by atoms with van der Waals surface area (Å²) in [5, 5.41) is 20.9. The molecule has 0 bridgehead atoms. The summed E-state index contributed by atoms with van der Waals surface area (Å²) < 4.78 is 0. The second kappa shape index (κ2) is 9.58. The summed E-state index contributed by atoms with van der Waals surface area (Å²) in [7, 11) is 0. The number of allylic oxidation sites excluding steroid dienone is 1. The van der Waals surface area contributed by atoms with Crippen LogP contribution in [0.3, 0.4) is 0 Å². The van der Waals surface area contributed by atoms with Gasteiger partial charge in [-0.1, -0.05) is 25.5 Å². The first-order valence-corrected chi connectivity index (χ1v) is 7.99. The predicted molar refractivity (Wildman–Crippen MR) is 84.4 cm³/mol. The number of nitrogens with zero attached hydrogens (tertiary/aromatic N) is 1. The number of aliphatic hydroxyl groups is 1. The Morgan fingerprint density at radius 1 is 1.45 bits per heavy atom. The zero-order valence-electron chi connectivity index (χ0n) is 13.5. The van der Waals surface area contributed by atoms with Gasteiger partial charge in [-0.05, 0) is 31.6 Å². The van der Waals surface area contributed by atoms with Crippen LogP contribution in [0.1, 0.15) is 33.1 Å². The molecular weight excluding hydrogens is 284 g/mol. The van der Waals surface area contributed by atoms with Gasteiger partial charge in [-0.2, -0.15) is 0 Å². The van der Waals surface area contributed by atoms with E-state index in [1.54, 1.807) is 0 Å². The number of amides is 1. The van der Waals surface area contributed by atoms with Crippen molar-refractivity contribution in [1.82, 2.24) is 10.2 Å². The van der Waals surface area contributed by atoms with E-state index in [-0.39, 0.29) is 17.7 Å². The molecule has 3 atom stereocenters. The van der Waals surface area contributed by atoms with E-state index in [2.05, 4.69) is 18.3 Å². The van der Waals surface area contributed by atoms with Crippen LogP contribution < -0.4 is 5.32 Å². The van der Waals surface area contributed by atoms with Gasteiger partial charge in [0.1, 0.15) is 12.6 Å². The van der Waals surface area contributed by atoms with Crippen LogP contribution >= 0.6 is 0 Å². The second-order valence-electron chi connectivity index (χ2n) is 5.95. The van der Waals surface area contributed by atoms with Crippen LogP contribution in [-0.2, 0) is 9.59 Å². The Hall–Kier alpha value is -1.40. The highest BCUT2D eigenvalue weighted by atomic mass is 16.4. The molecule has 0 radical (unpaired) electrons. The topological polar surface area (TPSA) is 89.9 Å². The fraction of sp³-hybridized carbons (Fsp3) is 0.750. The van der Waals surface area contributed by atoms with Crippen molar-refractivity contribution in [3.05, 3.63) is 12.2 Å². The number of carboxylic acids is 1. The van der Waals surface area contributed by atoms with Crippen molar-refractivity contribution in [2.75, 3.05) is 26.2 Å². The molecule has 1 aliphatic heterocycles. The van der Waals surface area contributed by atoms with Gasteiger partial charge in [0.05, 0.1) is 0 Å². The Morgan fingerprint density at radius 2 is 2.18 bits per heavy atom. The predicted octanol–water partition coefficient (Wildman–Crippen LogP) is 0.862. The molecule has 22 heavy (non-hydrogen) atoms. The molecule has 1 unspecified atom stereocenters. The van der Waals surface area contributed by atoms with Crippen LogP contribution in [0.4, 0.5) is 0 Å². The fourth-order valence-corrected chi connectivity index (χ4v) is 3.12. The lowest BCUT2D eigenvalue weighted by molar-refractivity contribution is -0.142. The summed E-state index contributed by atoms with van der Waals surface area (Å²) in [6.45, 7) is 5.39.